The van der Waals surface area contributed by atoms with Crippen molar-refractivity contribution in [2.75, 3.05) is 32.3 Å². The lowest BCUT2D eigenvalue weighted by molar-refractivity contribution is -0.135. The van der Waals surface area contributed by atoms with E-state index < -0.39 is 11.9 Å². The molecule has 0 amide bonds. The number of carbonyl (C=O) groups is 2. The minimum Gasteiger partial charge on any atom is -0.294 e. The van der Waals surface area contributed by atoms with Gasteiger partial charge in [0.1, 0.15) is 6.17 Å². The molecule has 1 aliphatic heterocycles. The van der Waals surface area contributed by atoms with Gasteiger partial charge >= 0.3 is 0 Å². The molecule has 80 valence electrons. The van der Waals surface area contributed by atoms with Crippen molar-refractivity contribution in [2.45, 2.75) is 6.17 Å². The van der Waals surface area contributed by atoms with Crippen LogP contribution in [0, 0.1) is 0 Å². The lowest BCUT2D eigenvalue weighted by Gasteiger charge is -2.22. The smallest absolute Gasteiger partial charge is 0.228 e. The van der Waals surface area contributed by atoms with Crippen molar-refractivity contribution < 1.29 is 9.59 Å². The highest BCUT2D eigenvalue weighted by molar-refractivity contribution is 7.98. The zero-order valence-electron chi connectivity index (χ0n) is 8.40. The molecule has 14 heavy (non-hydrogen) atoms. The molecule has 1 rings (SSSR count). The van der Waals surface area contributed by atoms with Crippen molar-refractivity contribution in [3.05, 3.63) is 0 Å². The van der Waals surface area contributed by atoms with Crippen LogP contribution in [0.3, 0.4) is 0 Å². The number of likely N-dealkylation sites (N-methyl/N-ethyl adjacent to an activating group) is 1. The minimum atomic E-state index is -0.431. The Morgan fingerprint density at radius 3 is 3.00 bits per heavy atom. The Labute approximate surface area is 87.8 Å². The third-order valence-corrected chi connectivity index (χ3v) is 2.78. The second-order valence-electron chi connectivity index (χ2n) is 3.13. The Balaban J connectivity index is 2.57. The van der Waals surface area contributed by atoms with Crippen LogP contribution in [0.15, 0.2) is 0 Å². The average Bonchev–Trinajstić information content (AvgIpc) is 2.55. The van der Waals surface area contributed by atoms with Crippen molar-refractivity contribution in [3.63, 3.8) is 0 Å². The Morgan fingerprint density at radius 2 is 2.43 bits per heavy atom. The molecule has 1 unspecified atom stereocenters. The second-order valence-corrected chi connectivity index (χ2v) is 4.11. The molecule has 1 N–H and O–H groups in total. The van der Waals surface area contributed by atoms with Crippen LogP contribution in [-0.4, -0.2) is 60.4 Å². The number of ketones is 1. The van der Waals surface area contributed by atoms with E-state index in [0.717, 1.165) is 12.3 Å². The fraction of sp³-hybridized carbons (Fsp3) is 0.750. The van der Waals surface area contributed by atoms with E-state index in [4.69, 9.17) is 0 Å². The zero-order chi connectivity index (χ0) is 10.6. The summed E-state index contributed by atoms with van der Waals surface area (Å²) < 4.78 is 0. The quantitative estimate of drug-likeness (QED) is 0.478. The predicted octanol–water partition coefficient (Wildman–Crippen LogP) is -0.847. The Hall–Kier alpha value is -0.430. The summed E-state index contributed by atoms with van der Waals surface area (Å²) in [6.07, 6.45) is 1.98. The van der Waals surface area contributed by atoms with Crippen molar-refractivity contribution in [1.29, 1.82) is 0 Å². The molecule has 1 atom stereocenters. The molecule has 0 saturated carbocycles. The molecular formula is C8H15N3O2S. The molecule has 0 aromatic carbocycles. The fourth-order valence-corrected chi connectivity index (χ4v) is 1.88. The Morgan fingerprint density at radius 1 is 1.71 bits per heavy atom. The summed E-state index contributed by atoms with van der Waals surface area (Å²) in [7, 11) is 1.77. The van der Waals surface area contributed by atoms with Crippen LogP contribution in [0.1, 0.15) is 0 Å². The van der Waals surface area contributed by atoms with Gasteiger partial charge in [0.25, 0.3) is 0 Å². The van der Waals surface area contributed by atoms with Crippen LogP contribution in [0.2, 0.25) is 0 Å². The number of nitrogens with one attached hydrogen (secondary N) is 1. The minimum absolute atomic E-state index is 0.389. The normalized spacial score (nSPS) is 24.0. The summed E-state index contributed by atoms with van der Waals surface area (Å²) in [4.78, 5) is 23.7. The number of hydrogen-bond acceptors (Lipinski definition) is 6. The second kappa shape index (κ2) is 5.45. The van der Waals surface area contributed by atoms with Gasteiger partial charge in [-0.3, -0.25) is 14.5 Å². The van der Waals surface area contributed by atoms with E-state index in [1.807, 2.05) is 11.2 Å². The first kappa shape index (κ1) is 11.6. The first-order chi connectivity index (χ1) is 6.70. The van der Waals surface area contributed by atoms with E-state index in [9.17, 15) is 9.59 Å². The number of Topliss-reactive ketones (excluding diaryl/α,β-unsaturated/α-hetero) is 1. The van der Waals surface area contributed by atoms with Crippen LogP contribution in [-0.2, 0) is 9.59 Å². The van der Waals surface area contributed by atoms with Crippen molar-refractivity contribution in [2.24, 2.45) is 0 Å². The van der Waals surface area contributed by atoms with E-state index in [-0.39, 0.29) is 0 Å². The molecule has 0 bridgehead atoms. The predicted molar refractivity (Wildman–Crippen MR) is 55.7 cm³/mol. The molecule has 0 aromatic heterocycles. The fourth-order valence-electron chi connectivity index (χ4n) is 1.46. The van der Waals surface area contributed by atoms with E-state index in [2.05, 4.69) is 5.43 Å². The van der Waals surface area contributed by atoms with Gasteiger partial charge in [0.2, 0.25) is 5.78 Å². The molecule has 0 spiro atoms. The maximum atomic E-state index is 11.3. The Bertz CT molecular complexity index is 225. The average molecular weight is 217 g/mol. The molecule has 1 aliphatic rings. The highest BCUT2D eigenvalue weighted by Gasteiger charge is 2.33. The summed E-state index contributed by atoms with van der Waals surface area (Å²) in [6, 6.07) is 0. The zero-order valence-corrected chi connectivity index (χ0v) is 9.21. The molecular weight excluding hydrogens is 202 g/mol. The molecule has 0 radical (unpaired) electrons. The van der Waals surface area contributed by atoms with Crippen LogP contribution < -0.4 is 5.43 Å². The topological polar surface area (TPSA) is 52.6 Å². The van der Waals surface area contributed by atoms with Crippen molar-refractivity contribution >= 4 is 23.8 Å². The lowest BCUT2D eigenvalue weighted by atomic mass is 10.3. The first-order valence-corrected chi connectivity index (χ1v) is 5.78. The summed E-state index contributed by atoms with van der Waals surface area (Å²) in [5, 5.41) is 1.68. The van der Waals surface area contributed by atoms with Crippen LogP contribution >= 0.6 is 11.8 Å². The van der Waals surface area contributed by atoms with Gasteiger partial charge < -0.3 is 0 Å². The maximum Gasteiger partial charge on any atom is 0.228 e. The van der Waals surface area contributed by atoms with Gasteiger partial charge in [-0.2, -0.15) is 11.8 Å². The lowest BCUT2D eigenvalue weighted by Crippen LogP contribution is -2.45. The molecule has 1 heterocycles. The standard InChI is InChI=1S/C8H15N3O2S/c1-10-8(7(13)5-12)11(6-9-10)3-4-14-2/h5,8-9H,3-4,6H2,1-2H3. The molecule has 0 aromatic rings. The van der Waals surface area contributed by atoms with Crippen molar-refractivity contribution in [3.8, 4) is 0 Å². The molecule has 0 aliphatic carbocycles. The van der Waals surface area contributed by atoms with Gasteiger partial charge in [-0.1, -0.05) is 0 Å². The van der Waals surface area contributed by atoms with E-state index in [1.54, 1.807) is 23.8 Å². The monoisotopic (exact) mass is 217 g/mol. The van der Waals surface area contributed by atoms with Gasteiger partial charge in [-0.05, 0) is 6.26 Å². The number of rotatable bonds is 5. The third kappa shape index (κ3) is 2.54. The van der Waals surface area contributed by atoms with Crippen LogP contribution in [0.5, 0.6) is 0 Å². The van der Waals surface area contributed by atoms with Crippen molar-refractivity contribution in [1.82, 2.24) is 15.3 Å². The molecule has 1 fully saturated rings. The summed E-state index contributed by atoms with van der Waals surface area (Å²) in [5.74, 6) is 0.566. The van der Waals surface area contributed by atoms with Crippen LogP contribution in [0.4, 0.5) is 0 Å². The maximum absolute atomic E-state index is 11.3. The molecule has 6 heteroatoms. The third-order valence-electron chi connectivity index (χ3n) is 2.19. The highest BCUT2D eigenvalue weighted by atomic mass is 32.2. The number of aldehydes is 1. The number of hydrogen-bond donors (Lipinski definition) is 1. The Kier molecular flexibility index (Phi) is 4.53. The molecule has 5 nitrogen and oxygen atoms in total. The summed E-state index contributed by atoms with van der Waals surface area (Å²) in [6.45, 7) is 1.43. The molecule has 1 saturated heterocycles. The largest absolute Gasteiger partial charge is 0.294 e. The van der Waals surface area contributed by atoms with Gasteiger partial charge in [0.05, 0.1) is 6.67 Å². The van der Waals surface area contributed by atoms with Gasteiger partial charge in [0, 0.05) is 19.3 Å². The SMILES string of the molecule is CSCCN1CNN(C)C1C(=O)C=O. The first-order valence-electron chi connectivity index (χ1n) is 4.39. The van der Waals surface area contributed by atoms with Gasteiger partial charge in [-0.25, -0.2) is 10.4 Å². The summed E-state index contributed by atoms with van der Waals surface area (Å²) >= 11 is 1.72. The highest BCUT2D eigenvalue weighted by Crippen LogP contribution is 2.09. The number of thioether (sulfide) groups is 1. The van der Waals surface area contributed by atoms with E-state index in [1.165, 1.54) is 0 Å². The van der Waals surface area contributed by atoms with E-state index >= 15 is 0 Å². The van der Waals surface area contributed by atoms with E-state index in [0.29, 0.717) is 13.0 Å². The number of hydrazine groups is 1. The number of nitrogens with zero attached hydrogens (tertiary/aromatic N) is 2. The summed E-state index contributed by atoms with van der Waals surface area (Å²) in [5.41, 5.74) is 3.01. The number of carbonyl (C=O) groups excluding carboxylic acids is 2. The van der Waals surface area contributed by atoms with Crippen LogP contribution in [0.25, 0.3) is 0 Å². The van der Waals surface area contributed by atoms with Gasteiger partial charge in [-0.15, -0.1) is 0 Å². The van der Waals surface area contributed by atoms with Gasteiger partial charge in [0.15, 0.2) is 6.29 Å².